The molecule has 0 aliphatic heterocycles. The predicted octanol–water partition coefficient (Wildman–Crippen LogP) is 1.56. The van der Waals surface area contributed by atoms with Crippen molar-refractivity contribution >= 4 is 15.9 Å². The van der Waals surface area contributed by atoms with Crippen LogP contribution in [0.15, 0.2) is 33.9 Å². The molecule has 0 aliphatic carbocycles. The summed E-state index contributed by atoms with van der Waals surface area (Å²) in [5.41, 5.74) is 0.891. The van der Waals surface area contributed by atoms with Crippen LogP contribution >= 0.6 is 15.9 Å². The number of rotatable bonds is 6. The van der Waals surface area contributed by atoms with Crippen LogP contribution in [0, 0.1) is 0 Å². The molecular formula is C11H16BrN3O. The van der Waals surface area contributed by atoms with Gasteiger partial charge in [0.05, 0.1) is 6.33 Å². The summed E-state index contributed by atoms with van der Waals surface area (Å²) < 4.78 is 2.02. The number of aromatic nitrogens is 2. The fourth-order valence-electron chi connectivity index (χ4n) is 1.28. The van der Waals surface area contributed by atoms with Crippen LogP contribution in [0.4, 0.5) is 0 Å². The molecule has 0 fully saturated rings. The average Bonchev–Trinajstić information content (AvgIpc) is 2.25. The molecule has 1 rings (SSSR count). The molecule has 0 unspecified atom stereocenters. The highest BCUT2D eigenvalue weighted by Gasteiger charge is 2.02. The zero-order chi connectivity index (χ0) is 12.0. The molecule has 1 aromatic rings. The van der Waals surface area contributed by atoms with Gasteiger partial charge in [0, 0.05) is 19.3 Å². The zero-order valence-corrected chi connectivity index (χ0v) is 11.0. The molecule has 0 aliphatic rings. The van der Waals surface area contributed by atoms with Crippen molar-refractivity contribution in [2.24, 2.45) is 0 Å². The van der Waals surface area contributed by atoms with Gasteiger partial charge in [-0.2, -0.15) is 0 Å². The normalized spacial score (nSPS) is 10.4. The van der Waals surface area contributed by atoms with Crippen molar-refractivity contribution in [1.82, 2.24) is 14.9 Å². The van der Waals surface area contributed by atoms with Crippen molar-refractivity contribution in [3.8, 4) is 0 Å². The van der Waals surface area contributed by atoms with E-state index in [0.29, 0.717) is 11.0 Å². The fraction of sp³-hybridized carbons (Fsp3) is 0.455. The summed E-state index contributed by atoms with van der Waals surface area (Å²) >= 11 is 3.16. The Morgan fingerprint density at radius 3 is 3.12 bits per heavy atom. The molecule has 0 amide bonds. The van der Waals surface area contributed by atoms with E-state index in [0.717, 1.165) is 25.1 Å². The third-order valence-corrected chi connectivity index (χ3v) is 2.60. The van der Waals surface area contributed by atoms with Crippen LogP contribution in [0.1, 0.15) is 13.3 Å². The Balaban J connectivity index is 2.56. The van der Waals surface area contributed by atoms with E-state index in [9.17, 15) is 4.79 Å². The van der Waals surface area contributed by atoms with Crippen molar-refractivity contribution in [3.05, 3.63) is 39.5 Å². The number of nitrogens with one attached hydrogen (secondary N) is 1. The molecule has 5 heteroatoms. The molecule has 0 spiro atoms. The number of hydrogen-bond acceptors (Lipinski definition) is 3. The Morgan fingerprint density at radius 1 is 1.69 bits per heavy atom. The highest BCUT2D eigenvalue weighted by molar-refractivity contribution is 9.10. The van der Waals surface area contributed by atoms with Crippen LogP contribution in [-0.2, 0) is 6.54 Å². The molecule has 4 nitrogen and oxygen atoms in total. The monoisotopic (exact) mass is 285 g/mol. The van der Waals surface area contributed by atoms with E-state index < -0.39 is 0 Å². The minimum absolute atomic E-state index is 0.0772. The van der Waals surface area contributed by atoms with E-state index in [-0.39, 0.29) is 5.56 Å². The first-order valence-corrected chi connectivity index (χ1v) is 6.01. The SMILES string of the molecule is C=C(CNCCC)Cn1cncc(Br)c1=O. The Labute approximate surface area is 104 Å². The van der Waals surface area contributed by atoms with Crippen LogP contribution in [0.3, 0.4) is 0 Å². The topological polar surface area (TPSA) is 46.9 Å². The quantitative estimate of drug-likeness (QED) is 0.637. The molecule has 1 heterocycles. The summed E-state index contributed by atoms with van der Waals surface area (Å²) in [6, 6.07) is 0. The number of hydrogen-bond donors (Lipinski definition) is 1. The van der Waals surface area contributed by atoms with Crippen molar-refractivity contribution in [2.45, 2.75) is 19.9 Å². The zero-order valence-electron chi connectivity index (χ0n) is 9.37. The maximum absolute atomic E-state index is 11.6. The smallest absolute Gasteiger partial charge is 0.267 e. The molecule has 1 N–H and O–H groups in total. The molecular weight excluding hydrogens is 270 g/mol. The van der Waals surface area contributed by atoms with Gasteiger partial charge in [-0.3, -0.25) is 9.36 Å². The lowest BCUT2D eigenvalue weighted by Crippen LogP contribution is -2.25. The first-order chi connectivity index (χ1) is 7.65. The molecule has 88 valence electrons. The van der Waals surface area contributed by atoms with Crippen molar-refractivity contribution in [1.29, 1.82) is 0 Å². The minimum atomic E-state index is -0.0772. The lowest BCUT2D eigenvalue weighted by molar-refractivity contribution is 0.655. The van der Waals surface area contributed by atoms with Gasteiger partial charge in [0.15, 0.2) is 0 Å². The van der Waals surface area contributed by atoms with Crippen molar-refractivity contribution in [3.63, 3.8) is 0 Å². The van der Waals surface area contributed by atoms with Crippen molar-refractivity contribution in [2.75, 3.05) is 13.1 Å². The van der Waals surface area contributed by atoms with Crippen molar-refractivity contribution < 1.29 is 0 Å². The molecule has 0 bridgehead atoms. The van der Waals surface area contributed by atoms with E-state index in [2.05, 4.69) is 39.7 Å². The molecule has 1 aromatic heterocycles. The minimum Gasteiger partial charge on any atom is -0.313 e. The van der Waals surface area contributed by atoms with E-state index in [4.69, 9.17) is 0 Å². The summed E-state index contributed by atoms with van der Waals surface area (Å²) in [7, 11) is 0. The number of halogens is 1. The van der Waals surface area contributed by atoms with Gasteiger partial charge >= 0.3 is 0 Å². The molecule has 16 heavy (non-hydrogen) atoms. The van der Waals surface area contributed by atoms with Gasteiger partial charge in [-0.15, -0.1) is 0 Å². The third kappa shape index (κ3) is 3.90. The summed E-state index contributed by atoms with van der Waals surface area (Å²) in [6.07, 6.45) is 4.11. The molecule has 0 atom stereocenters. The van der Waals surface area contributed by atoms with Crippen LogP contribution in [-0.4, -0.2) is 22.6 Å². The van der Waals surface area contributed by atoms with Gasteiger partial charge in [-0.05, 0) is 34.5 Å². The Hall–Kier alpha value is -0.940. The molecule has 0 radical (unpaired) electrons. The maximum atomic E-state index is 11.6. The highest BCUT2D eigenvalue weighted by atomic mass is 79.9. The van der Waals surface area contributed by atoms with E-state index >= 15 is 0 Å². The van der Waals surface area contributed by atoms with Gasteiger partial charge in [0.1, 0.15) is 4.47 Å². The Bertz CT molecular complexity index is 414. The molecule has 0 aromatic carbocycles. The lowest BCUT2D eigenvalue weighted by atomic mass is 10.3. The summed E-state index contributed by atoms with van der Waals surface area (Å²) in [5.74, 6) is 0. The third-order valence-electron chi connectivity index (χ3n) is 2.05. The van der Waals surface area contributed by atoms with Gasteiger partial charge in [-0.1, -0.05) is 13.5 Å². The standard InChI is InChI=1S/C11H16BrN3O/c1-3-4-13-5-9(2)7-15-8-14-6-10(12)11(15)16/h6,8,13H,2-5,7H2,1H3. The molecule has 0 saturated carbocycles. The largest absolute Gasteiger partial charge is 0.313 e. The predicted molar refractivity (Wildman–Crippen MR) is 68.5 cm³/mol. The molecule has 0 saturated heterocycles. The summed E-state index contributed by atoms with van der Waals surface area (Å²) in [6.45, 7) is 8.23. The van der Waals surface area contributed by atoms with Crippen LogP contribution in [0.2, 0.25) is 0 Å². The highest BCUT2D eigenvalue weighted by Crippen LogP contribution is 2.00. The first kappa shape index (κ1) is 13.1. The summed E-state index contributed by atoms with van der Waals surface area (Å²) in [4.78, 5) is 15.6. The first-order valence-electron chi connectivity index (χ1n) is 5.22. The Morgan fingerprint density at radius 2 is 2.44 bits per heavy atom. The average molecular weight is 286 g/mol. The fourth-order valence-corrected chi connectivity index (χ4v) is 1.62. The second-order valence-corrected chi connectivity index (χ2v) is 4.46. The lowest BCUT2D eigenvalue weighted by Gasteiger charge is -2.09. The maximum Gasteiger partial charge on any atom is 0.267 e. The second-order valence-electron chi connectivity index (χ2n) is 3.60. The van der Waals surface area contributed by atoms with Crippen LogP contribution in [0.25, 0.3) is 0 Å². The van der Waals surface area contributed by atoms with Crippen LogP contribution < -0.4 is 10.9 Å². The van der Waals surface area contributed by atoms with Gasteiger partial charge in [0.2, 0.25) is 0 Å². The number of nitrogens with zero attached hydrogens (tertiary/aromatic N) is 2. The van der Waals surface area contributed by atoms with E-state index in [1.165, 1.54) is 12.5 Å². The van der Waals surface area contributed by atoms with Crippen LogP contribution in [0.5, 0.6) is 0 Å². The van der Waals surface area contributed by atoms with Gasteiger partial charge < -0.3 is 5.32 Å². The van der Waals surface area contributed by atoms with E-state index in [1.807, 2.05) is 0 Å². The van der Waals surface area contributed by atoms with E-state index in [1.54, 1.807) is 4.57 Å². The summed E-state index contributed by atoms with van der Waals surface area (Å²) in [5, 5.41) is 3.24. The second kappa shape index (κ2) is 6.60. The van der Waals surface area contributed by atoms with Gasteiger partial charge in [-0.25, -0.2) is 4.98 Å². The van der Waals surface area contributed by atoms with Gasteiger partial charge in [0.25, 0.3) is 5.56 Å². The Kier molecular flexibility index (Phi) is 5.42.